The number of carbonyl (C=O) groups is 2. The summed E-state index contributed by atoms with van der Waals surface area (Å²) in [5.41, 5.74) is 1.32. The molecule has 3 saturated heterocycles. The summed E-state index contributed by atoms with van der Waals surface area (Å²) in [6.07, 6.45) is 2.60. The first kappa shape index (κ1) is 20.3. The normalized spacial score (nSPS) is 28.2. The van der Waals surface area contributed by atoms with Gasteiger partial charge in [-0.15, -0.1) is 0 Å². The fourth-order valence-corrected chi connectivity index (χ4v) is 4.74. The fourth-order valence-electron chi connectivity index (χ4n) is 4.74. The topological polar surface area (TPSA) is 59.1 Å². The molecule has 3 aliphatic heterocycles. The molecule has 1 N–H and O–H groups in total. The monoisotopic (exact) mass is 399 g/mol. The number of fused-ring (bicyclic) bond motifs is 3. The number of hydrogen-bond donors (Lipinski definition) is 1. The van der Waals surface area contributed by atoms with Gasteiger partial charge >= 0.3 is 6.03 Å². The number of urea groups is 1. The van der Waals surface area contributed by atoms with E-state index in [-0.39, 0.29) is 30.4 Å². The second-order valence-electron chi connectivity index (χ2n) is 8.86. The number of hydrogen-bond acceptors (Lipinski definition) is 5. The summed E-state index contributed by atoms with van der Waals surface area (Å²) < 4.78 is 0. The van der Waals surface area contributed by atoms with Crippen molar-refractivity contribution < 1.29 is 9.59 Å². The quantitative estimate of drug-likeness (QED) is 0.790. The molecule has 0 radical (unpaired) electrons. The average molecular weight is 400 g/mol. The number of benzene rings is 1. The second-order valence-corrected chi connectivity index (χ2v) is 8.86. The molecule has 1 aromatic rings. The van der Waals surface area contributed by atoms with E-state index in [1.54, 1.807) is 4.90 Å². The van der Waals surface area contributed by atoms with Gasteiger partial charge < -0.3 is 4.90 Å². The van der Waals surface area contributed by atoms with E-state index in [1.165, 1.54) is 10.5 Å². The van der Waals surface area contributed by atoms with Gasteiger partial charge in [0.1, 0.15) is 18.5 Å². The van der Waals surface area contributed by atoms with Gasteiger partial charge in [0.15, 0.2) is 0 Å². The van der Waals surface area contributed by atoms with Crippen molar-refractivity contribution in [1.82, 2.24) is 24.9 Å². The number of rotatable bonds is 6. The van der Waals surface area contributed by atoms with Crippen molar-refractivity contribution in [3.8, 4) is 0 Å². The third-order valence-electron chi connectivity index (χ3n) is 6.43. The third-order valence-corrected chi connectivity index (χ3v) is 6.43. The minimum absolute atomic E-state index is 0.00621. The molecule has 1 aromatic carbocycles. The van der Waals surface area contributed by atoms with Crippen LogP contribution in [-0.4, -0.2) is 83.3 Å². The van der Waals surface area contributed by atoms with Crippen LogP contribution in [-0.2, 0) is 11.2 Å². The van der Waals surface area contributed by atoms with E-state index in [0.717, 1.165) is 38.9 Å². The maximum atomic E-state index is 13.3. The Kier molecular flexibility index (Phi) is 5.90. The molecule has 0 bridgehead atoms. The van der Waals surface area contributed by atoms with E-state index in [1.807, 2.05) is 13.1 Å². The molecule has 0 saturated carbocycles. The molecule has 3 unspecified atom stereocenters. The summed E-state index contributed by atoms with van der Waals surface area (Å²) in [4.78, 5) is 34.0. The number of nitrogens with zero attached hydrogens (tertiary/aromatic N) is 4. The van der Waals surface area contributed by atoms with E-state index in [0.29, 0.717) is 12.5 Å². The van der Waals surface area contributed by atoms with Crippen LogP contribution in [0, 0.1) is 5.92 Å². The molecule has 3 amide bonds. The maximum absolute atomic E-state index is 13.3. The predicted octanol–water partition coefficient (Wildman–Crippen LogP) is 1.76. The average Bonchev–Trinajstić information content (AvgIpc) is 3.11. The Morgan fingerprint density at radius 3 is 2.59 bits per heavy atom. The number of imide groups is 1. The fraction of sp³-hybridized carbons (Fsp3) is 0.636. The van der Waals surface area contributed by atoms with Crippen LogP contribution >= 0.6 is 0 Å². The first-order valence-corrected chi connectivity index (χ1v) is 10.9. The van der Waals surface area contributed by atoms with Crippen LogP contribution in [0.1, 0.15) is 32.3 Å². The Morgan fingerprint density at radius 1 is 1.10 bits per heavy atom. The molecule has 7 heteroatoms. The highest BCUT2D eigenvalue weighted by Gasteiger charge is 2.55. The zero-order valence-corrected chi connectivity index (χ0v) is 17.8. The van der Waals surface area contributed by atoms with E-state index in [9.17, 15) is 9.59 Å². The Bertz CT molecular complexity index is 740. The van der Waals surface area contributed by atoms with Gasteiger partial charge in [0, 0.05) is 33.2 Å². The van der Waals surface area contributed by atoms with Crippen LogP contribution in [0.3, 0.4) is 0 Å². The van der Waals surface area contributed by atoms with Crippen molar-refractivity contribution in [1.29, 1.82) is 0 Å². The second kappa shape index (κ2) is 8.42. The van der Waals surface area contributed by atoms with Crippen molar-refractivity contribution in [2.45, 2.75) is 51.6 Å². The van der Waals surface area contributed by atoms with Crippen LogP contribution in [0.25, 0.3) is 0 Å². The summed E-state index contributed by atoms with van der Waals surface area (Å²) >= 11 is 0. The molecule has 3 aliphatic rings. The third kappa shape index (κ3) is 3.91. The van der Waals surface area contributed by atoms with E-state index in [4.69, 9.17) is 0 Å². The van der Waals surface area contributed by atoms with Crippen LogP contribution in [0.15, 0.2) is 30.3 Å². The first-order chi connectivity index (χ1) is 14.0. The van der Waals surface area contributed by atoms with Gasteiger partial charge in [-0.3, -0.25) is 24.8 Å². The number of likely N-dealkylation sites (N-methyl/N-ethyl adjacent to an activating group) is 1. The molecule has 29 heavy (non-hydrogen) atoms. The zero-order chi connectivity index (χ0) is 20.5. The smallest absolute Gasteiger partial charge is 0.310 e. The van der Waals surface area contributed by atoms with E-state index in [2.05, 4.69) is 53.2 Å². The number of carbonyl (C=O) groups excluding carboxylic acids is 2. The lowest BCUT2D eigenvalue weighted by Gasteiger charge is -2.43. The number of amides is 3. The Morgan fingerprint density at radius 2 is 1.86 bits per heavy atom. The van der Waals surface area contributed by atoms with Gasteiger partial charge in [0.05, 0.1) is 0 Å². The minimum atomic E-state index is -0.297. The lowest BCUT2D eigenvalue weighted by molar-refractivity contribution is -0.140. The zero-order valence-electron chi connectivity index (χ0n) is 17.8. The van der Waals surface area contributed by atoms with Crippen LogP contribution in [0.5, 0.6) is 0 Å². The van der Waals surface area contributed by atoms with Gasteiger partial charge in [-0.1, -0.05) is 44.2 Å². The van der Waals surface area contributed by atoms with E-state index < -0.39 is 0 Å². The molecule has 3 fully saturated rings. The van der Waals surface area contributed by atoms with Crippen molar-refractivity contribution in [3.63, 3.8) is 0 Å². The van der Waals surface area contributed by atoms with Gasteiger partial charge in [0.25, 0.3) is 5.91 Å². The molecular weight excluding hydrogens is 366 g/mol. The van der Waals surface area contributed by atoms with Gasteiger partial charge in [-0.2, -0.15) is 0 Å². The molecule has 3 heterocycles. The highest BCUT2D eigenvalue weighted by Crippen LogP contribution is 2.31. The summed E-state index contributed by atoms with van der Waals surface area (Å²) in [5, 5.41) is 3.59. The standard InChI is InChI=1S/C22H33N5O2/c1-16(2)10-15-27-20(28)18-19(24(3)22(27)29)23-21-25(12-7-13-26(18)21)14-11-17-8-5-4-6-9-17/h4-6,8-9,16,18-19,21,23H,7,10-15H2,1-3H3. The summed E-state index contributed by atoms with van der Waals surface area (Å²) in [7, 11) is 1.81. The molecule has 0 aromatic heterocycles. The Balaban J connectivity index is 1.48. The Hall–Kier alpha value is -1.96. The predicted molar refractivity (Wildman–Crippen MR) is 112 cm³/mol. The van der Waals surface area contributed by atoms with Gasteiger partial charge in [-0.05, 0) is 30.7 Å². The van der Waals surface area contributed by atoms with Crippen LogP contribution < -0.4 is 5.32 Å². The molecule has 4 rings (SSSR count). The Labute approximate surface area is 173 Å². The SMILES string of the molecule is CC(C)CCN1C(=O)C2C(NC3N(CCc4ccccc4)CCCN23)N(C)C1=O. The van der Waals surface area contributed by atoms with Crippen molar-refractivity contribution in [2.24, 2.45) is 5.92 Å². The van der Waals surface area contributed by atoms with Crippen molar-refractivity contribution in [3.05, 3.63) is 35.9 Å². The molecule has 3 atom stereocenters. The van der Waals surface area contributed by atoms with Crippen LogP contribution in [0.2, 0.25) is 0 Å². The lowest BCUT2D eigenvalue weighted by atomic mass is 10.1. The maximum Gasteiger partial charge on any atom is 0.327 e. The highest BCUT2D eigenvalue weighted by molar-refractivity contribution is 6.00. The number of nitrogens with one attached hydrogen (secondary N) is 1. The summed E-state index contributed by atoms with van der Waals surface area (Å²) in [6.45, 7) is 7.55. The van der Waals surface area contributed by atoms with Gasteiger partial charge in [-0.25, -0.2) is 4.79 Å². The molecule has 0 aliphatic carbocycles. The van der Waals surface area contributed by atoms with Crippen LogP contribution in [0.4, 0.5) is 4.79 Å². The molecular formula is C22H33N5O2. The van der Waals surface area contributed by atoms with Crippen molar-refractivity contribution >= 4 is 11.9 Å². The highest BCUT2D eigenvalue weighted by atomic mass is 16.2. The van der Waals surface area contributed by atoms with E-state index >= 15 is 0 Å². The molecule has 7 nitrogen and oxygen atoms in total. The largest absolute Gasteiger partial charge is 0.327 e. The summed E-state index contributed by atoms with van der Waals surface area (Å²) in [5.74, 6) is 0.412. The van der Waals surface area contributed by atoms with Gasteiger partial charge in [0.2, 0.25) is 0 Å². The van der Waals surface area contributed by atoms with Crippen molar-refractivity contribution in [2.75, 3.05) is 33.2 Å². The lowest BCUT2D eigenvalue weighted by Crippen LogP contribution is -2.66. The first-order valence-electron chi connectivity index (χ1n) is 10.9. The summed E-state index contributed by atoms with van der Waals surface area (Å²) in [6, 6.07) is 10.0. The molecule has 0 spiro atoms. The molecule has 158 valence electrons. The minimum Gasteiger partial charge on any atom is -0.310 e.